The fraction of sp³-hybridized carbons (Fsp3) is 0.348. The SMILES string of the molecule is O=C(NC[C@H](c1ccsc1)N1CCCCCC1)c1cccc2ccccc12. The Morgan fingerprint density at radius 3 is 2.56 bits per heavy atom. The van der Waals surface area contributed by atoms with Crippen molar-refractivity contribution in [2.45, 2.75) is 31.7 Å². The van der Waals surface area contributed by atoms with Gasteiger partial charge in [0.05, 0.1) is 6.04 Å². The molecule has 2 aromatic carbocycles. The summed E-state index contributed by atoms with van der Waals surface area (Å²) in [5.74, 6) is 0.0156. The van der Waals surface area contributed by atoms with E-state index >= 15 is 0 Å². The molecule has 0 bridgehead atoms. The van der Waals surface area contributed by atoms with E-state index in [4.69, 9.17) is 0 Å². The molecule has 1 N–H and O–H groups in total. The molecule has 4 rings (SSSR count). The number of amides is 1. The zero-order valence-corrected chi connectivity index (χ0v) is 16.4. The Kier molecular flexibility index (Phi) is 5.85. The van der Waals surface area contributed by atoms with Crippen LogP contribution in [0.15, 0.2) is 59.3 Å². The predicted molar refractivity (Wildman–Crippen MR) is 113 cm³/mol. The lowest BCUT2D eigenvalue weighted by molar-refractivity contribution is 0.0935. The van der Waals surface area contributed by atoms with Crippen molar-refractivity contribution in [3.05, 3.63) is 70.4 Å². The topological polar surface area (TPSA) is 32.3 Å². The van der Waals surface area contributed by atoms with Gasteiger partial charge < -0.3 is 5.32 Å². The molecule has 0 radical (unpaired) electrons. The molecule has 1 amide bonds. The molecule has 2 heterocycles. The van der Waals surface area contributed by atoms with E-state index in [0.29, 0.717) is 6.54 Å². The first kappa shape index (κ1) is 18.2. The lowest BCUT2D eigenvalue weighted by atomic mass is 10.0. The minimum absolute atomic E-state index is 0.0156. The van der Waals surface area contributed by atoms with Crippen LogP contribution in [0.25, 0.3) is 10.8 Å². The molecule has 1 fully saturated rings. The normalized spacial score (nSPS) is 16.7. The van der Waals surface area contributed by atoms with Crippen LogP contribution < -0.4 is 5.32 Å². The molecule has 1 aromatic heterocycles. The number of hydrogen-bond donors (Lipinski definition) is 1. The first-order chi connectivity index (χ1) is 13.3. The maximum atomic E-state index is 13.0. The van der Waals surface area contributed by atoms with Gasteiger partial charge in [0, 0.05) is 12.1 Å². The maximum Gasteiger partial charge on any atom is 0.251 e. The predicted octanol–water partition coefficient (Wildman–Crippen LogP) is 5.25. The highest BCUT2D eigenvalue weighted by atomic mass is 32.1. The van der Waals surface area contributed by atoms with Crippen molar-refractivity contribution in [2.24, 2.45) is 0 Å². The first-order valence-electron chi connectivity index (χ1n) is 9.85. The molecule has 3 aromatic rings. The monoisotopic (exact) mass is 378 g/mol. The van der Waals surface area contributed by atoms with Gasteiger partial charge in [-0.2, -0.15) is 11.3 Å². The molecule has 1 aliphatic rings. The van der Waals surface area contributed by atoms with E-state index in [1.807, 2.05) is 30.3 Å². The van der Waals surface area contributed by atoms with Gasteiger partial charge in [-0.3, -0.25) is 9.69 Å². The first-order valence-corrected chi connectivity index (χ1v) is 10.8. The fourth-order valence-corrected chi connectivity index (χ4v) is 4.74. The second-order valence-corrected chi connectivity index (χ2v) is 8.04. The minimum Gasteiger partial charge on any atom is -0.350 e. The van der Waals surface area contributed by atoms with Gasteiger partial charge in [-0.05, 0) is 65.2 Å². The van der Waals surface area contributed by atoms with Gasteiger partial charge in [0.2, 0.25) is 0 Å². The largest absolute Gasteiger partial charge is 0.350 e. The van der Waals surface area contributed by atoms with E-state index in [0.717, 1.165) is 29.4 Å². The van der Waals surface area contributed by atoms with E-state index in [-0.39, 0.29) is 11.9 Å². The minimum atomic E-state index is 0.0156. The summed E-state index contributed by atoms with van der Waals surface area (Å²) in [5, 5.41) is 9.69. The van der Waals surface area contributed by atoms with Gasteiger partial charge in [-0.1, -0.05) is 49.2 Å². The molecule has 140 valence electrons. The van der Waals surface area contributed by atoms with E-state index in [1.54, 1.807) is 11.3 Å². The molecule has 0 unspecified atom stereocenters. The Morgan fingerprint density at radius 1 is 1.00 bits per heavy atom. The average molecular weight is 379 g/mol. The van der Waals surface area contributed by atoms with Crippen molar-refractivity contribution in [1.29, 1.82) is 0 Å². The van der Waals surface area contributed by atoms with Crippen molar-refractivity contribution < 1.29 is 4.79 Å². The van der Waals surface area contributed by atoms with Gasteiger partial charge >= 0.3 is 0 Å². The van der Waals surface area contributed by atoms with Crippen molar-refractivity contribution in [2.75, 3.05) is 19.6 Å². The van der Waals surface area contributed by atoms with E-state index in [2.05, 4.69) is 39.2 Å². The Labute approximate surface area is 165 Å². The average Bonchev–Trinajstić information content (AvgIpc) is 3.10. The lowest BCUT2D eigenvalue weighted by Gasteiger charge is -2.30. The maximum absolute atomic E-state index is 13.0. The molecule has 0 spiro atoms. The number of thiophene rings is 1. The molecule has 1 saturated heterocycles. The zero-order chi connectivity index (χ0) is 18.5. The summed E-state index contributed by atoms with van der Waals surface area (Å²) in [6, 6.07) is 16.5. The van der Waals surface area contributed by atoms with Crippen LogP contribution in [0.5, 0.6) is 0 Å². The number of rotatable bonds is 5. The summed E-state index contributed by atoms with van der Waals surface area (Å²) in [6.07, 6.45) is 5.13. The fourth-order valence-electron chi connectivity index (χ4n) is 4.04. The van der Waals surface area contributed by atoms with Crippen LogP contribution in [0, 0.1) is 0 Å². The molecule has 1 atom stereocenters. The molecular formula is C23H26N2OS. The quantitative estimate of drug-likeness (QED) is 0.658. The lowest BCUT2D eigenvalue weighted by Crippen LogP contribution is -2.38. The van der Waals surface area contributed by atoms with Crippen LogP contribution >= 0.6 is 11.3 Å². The number of hydrogen-bond acceptors (Lipinski definition) is 3. The highest BCUT2D eigenvalue weighted by molar-refractivity contribution is 7.08. The van der Waals surface area contributed by atoms with Crippen molar-refractivity contribution in [3.63, 3.8) is 0 Å². The van der Waals surface area contributed by atoms with Gasteiger partial charge in [-0.15, -0.1) is 0 Å². The summed E-state index contributed by atoms with van der Waals surface area (Å²) in [7, 11) is 0. The summed E-state index contributed by atoms with van der Waals surface area (Å²) < 4.78 is 0. The van der Waals surface area contributed by atoms with E-state index < -0.39 is 0 Å². The van der Waals surface area contributed by atoms with Gasteiger partial charge in [0.1, 0.15) is 0 Å². The summed E-state index contributed by atoms with van der Waals surface area (Å²) in [4.78, 5) is 15.5. The third-order valence-corrected chi connectivity index (χ3v) is 6.20. The highest BCUT2D eigenvalue weighted by Gasteiger charge is 2.23. The Hall–Kier alpha value is -2.17. The van der Waals surface area contributed by atoms with Crippen LogP contribution in [0.1, 0.15) is 47.6 Å². The summed E-state index contributed by atoms with van der Waals surface area (Å²) in [6.45, 7) is 2.88. The van der Waals surface area contributed by atoms with Gasteiger partial charge in [0.15, 0.2) is 0 Å². The number of carbonyl (C=O) groups is 1. The number of nitrogens with one attached hydrogen (secondary N) is 1. The second-order valence-electron chi connectivity index (χ2n) is 7.26. The Balaban J connectivity index is 1.52. The smallest absolute Gasteiger partial charge is 0.251 e. The molecule has 0 saturated carbocycles. The van der Waals surface area contributed by atoms with Crippen LogP contribution in [0.4, 0.5) is 0 Å². The highest BCUT2D eigenvalue weighted by Crippen LogP contribution is 2.26. The third kappa shape index (κ3) is 4.23. The number of fused-ring (bicyclic) bond motifs is 1. The number of benzene rings is 2. The van der Waals surface area contributed by atoms with Gasteiger partial charge in [0.25, 0.3) is 5.91 Å². The van der Waals surface area contributed by atoms with Crippen molar-refractivity contribution >= 4 is 28.0 Å². The Morgan fingerprint density at radius 2 is 1.78 bits per heavy atom. The molecule has 3 nitrogen and oxygen atoms in total. The number of likely N-dealkylation sites (tertiary alicyclic amines) is 1. The zero-order valence-electron chi connectivity index (χ0n) is 15.6. The number of carbonyl (C=O) groups excluding carboxylic acids is 1. The third-order valence-electron chi connectivity index (χ3n) is 5.50. The van der Waals surface area contributed by atoms with Crippen LogP contribution in [-0.4, -0.2) is 30.4 Å². The van der Waals surface area contributed by atoms with E-state index in [1.165, 1.54) is 31.2 Å². The standard InChI is InChI=1S/C23H26N2OS/c26-23(21-11-7-9-18-8-3-4-10-20(18)21)24-16-22(19-12-15-27-17-19)25-13-5-1-2-6-14-25/h3-4,7-12,15,17,22H,1-2,5-6,13-14,16H2,(H,24,26)/t22-/m1/s1. The van der Waals surface area contributed by atoms with Crippen LogP contribution in [0.2, 0.25) is 0 Å². The summed E-state index contributed by atoms with van der Waals surface area (Å²) in [5.41, 5.74) is 2.08. The summed E-state index contributed by atoms with van der Waals surface area (Å²) >= 11 is 1.73. The molecular weight excluding hydrogens is 352 g/mol. The molecule has 0 aliphatic carbocycles. The van der Waals surface area contributed by atoms with Crippen LogP contribution in [-0.2, 0) is 0 Å². The van der Waals surface area contributed by atoms with E-state index in [9.17, 15) is 4.79 Å². The van der Waals surface area contributed by atoms with Crippen molar-refractivity contribution in [3.8, 4) is 0 Å². The molecule has 1 aliphatic heterocycles. The number of nitrogens with zero attached hydrogens (tertiary/aromatic N) is 1. The second kappa shape index (κ2) is 8.68. The Bertz CT molecular complexity index is 877. The van der Waals surface area contributed by atoms with Gasteiger partial charge in [-0.25, -0.2) is 0 Å². The molecule has 27 heavy (non-hydrogen) atoms. The van der Waals surface area contributed by atoms with Crippen LogP contribution in [0.3, 0.4) is 0 Å². The van der Waals surface area contributed by atoms with Crippen molar-refractivity contribution in [1.82, 2.24) is 10.2 Å². The molecule has 4 heteroatoms.